The minimum Gasteiger partial charge on any atom is -0.496 e. The quantitative estimate of drug-likeness (QED) is 0.447. The smallest absolute Gasteiger partial charge is 0.269 e. The molecule has 0 aliphatic rings. The van der Waals surface area contributed by atoms with Crippen molar-refractivity contribution in [3.63, 3.8) is 0 Å². The van der Waals surface area contributed by atoms with Crippen molar-refractivity contribution < 1.29 is 9.66 Å². The minimum atomic E-state index is -0.435. The number of nitrogens with zero attached hydrogens (tertiary/aromatic N) is 3. The van der Waals surface area contributed by atoms with E-state index in [9.17, 15) is 10.1 Å². The molecule has 0 aliphatic heterocycles. The zero-order valence-corrected chi connectivity index (χ0v) is 14.6. The SMILES string of the molecule is CCN(CC)c1ccc(/C=N/Nc2ccc([N+](=O)[O-])cc2)c(OC)c1. The van der Waals surface area contributed by atoms with Crippen LogP contribution < -0.4 is 15.1 Å². The monoisotopic (exact) mass is 342 g/mol. The van der Waals surface area contributed by atoms with E-state index >= 15 is 0 Å². The average molecular weight is 342 g/mol. The van der Waals surface area contributed by atoms with Crippen LogP contribution in [-0.2, 0) is 0 Å². The van der Waals surface area contributed by atoms with Gasteiger partial charge in [0.2, 0.25) is 0 Å². The fourth-order valence-electron chi connectivity index (χ4n) is 2.43. The van der Waals surface area contributed by atoms with E-state index in [4.69, 9.17) is 4.74 Å². The van der Waals surface area contributed by atoms with Gasteiger partial charge in [-0.05, 0) is 38.1 Å². The van der Waals surface area contributed by atoms with Gasteiger partial charge in [-0.2, -0.15) is 5.10 Å². The minimum absolute atomic E-state index is 0.0446. The summed E-state index contributed by atoms with van der Waals surface area (Å²) >= 11 is 0. The second-order valence-corrected chi connectivity index (χ2v) is 5.27. The van der Waals surface area contributed by atoms with Gasteiger partial charge in [-0.3, -0.25) is 15.5 Å². The fraction of sp³-hybridized carbons (Fsp3) is 0.278. The molecular weight excluding hydrogens is 320 g/mol. The molecule has 0 unspecified atom stereocenters. The zero-order chi connectivity index (χ0) is 18.2. The summed E-state index contributed by atoms with van der Waals surface area (Å²) in [6.45, 7) is 6.07. The normalized spacial score (nSPS) is 10.7. The molecule has 7 nitrogen and oxygen atoms in total. The first-order valence-corrected chi connectivity index (χ1v) is 8.05. The third kappa shape index (κ3) is 4.69. The van der Waals surface area contributed by atoms with E-state index in [0.29, 0.717) is 5.69 Å². The van der Waals surface area contributed by atoms with Crippen molar-refractivity contribution in [2.45, 2.75) is 13.8 Å². The maximum atomic E-state index is 10.6. The van der Waals surface area contributed by atoms with Gasteiger partial charge in [0.1, 0.15) is 5.75 Å². The summed E-state index contributed by atoms with van der Waals surface area (Å²) in [6, 6.07) is 12.0. The van der Waals surface area contributed by atoms with Gasteiger partial charge in [0.15, 0.2) is 0 Å². The van der Waals surface area contributed by atoms with E-state index in [1.165, 1.54) is 12.1 Å². The van der Waals surface area contributed by atoms with Gasteiger partial charge < -0.3 is 9.64 Å². The van der Waals surface area contributed by atoms with Crippen molar-refractivity contribution in [1.29, 1.82) is 0 Å². The number of hydrogen-bond acceptors (Lipinski definition) is 6. The van der Waals surface area contributed by atoms with E-state index in [2.05, 4.69) is 29.3 Å². The number of nitro groups is 1. The number of nitro benzene ring substituents is 1. The molecule has 1 N–H and O–H groups in total. The summed E-state index contributed by atoms with van der Waals surface area (Å²) in [6.07, 6.45) is 1.66. The molecule has 0 fully saturated rings. The largest absolute Gasteiger partial charge is 0.496 e. The molecule has 7 heteroatoms. The van der Waals surface area contributed by atoms with Crippen molar-refractivity contribution in [3.8, 4) is 5.75 Å². The van der Waals surface area contributed by atoms with Crippen molar-refractivity contribution in [2.75, 3.05) is 30.5 Å². The molecule has 0 atom stereocenters. The molecule has 25 heavy (non-hydrogen) atoms. The van der Waals surface area contributed by atoms with Crippen LogP contribution >= 0.6 is 0 Å². The number of ether oxygens (including phenoxy) is 1. The van der Waals surface area contributed by atoms with E-state index in [-0.39, 0.29) is 5.69 Å². The Morgan fingerprint density at radius 3 is 2.44 bits per heavy atom. The second kappa shape index (κ2) is 8.68. The molecule has 0 aromatic heterocycles. The summed E-state index contributed by atoms with van der Waals surface area (Å²) < 4.78 is 5.45. The number of hydrogen-bond donors (Lipinski definition) is 1. The number of methoxy groups -OCH3 is 1. The van der Waals surface area contributed by atoms with Crippen LogP contribution in [0, 0.1) is 10.1 Å². The maximum absolute atomic E-state index is 10.6. The highest BCUT2D eigenvalue weighted by Gasteiger charge is 2.07. The predicted molar refractivity (Wildman–Crippen MR) is 101 cm³/mol. The van der Waals surface area contributed by atoms with E-state index in [1.54, 1.807) is 25.5 Å². The lowest BCUT2D eigenvalue weighted by Gasteiger charge is -2.21. The topological polar surface area (TPSA) is 80.0 Å². The molecular formula is C18H22N4O3. The van der Waals surface area contributed by atoms with Gasteiger partial charge in [-0.15, -0.1) is 0 Å². The van der Waals surface area contributed by atoms with E-state index in [1.807, 2.05) is 18.2 Å². The Morgan fingerprint density at radius 2 is 1.88 bits per heavy atom. The van der Waals surface area contributed by atoms with Crippen molar-refractivity contribution in [2.24, 2.45) is 5.10 Å². The number of hydrazone groups is 1. The van der Waals surface area contributed by atoms with Crippen LogP contribution in [0.15, 0.2) is 47.6 Å². The molecule has 0 spiro atoms. The summed E-state index contributed by atoms with van der Waals surface area (Å²) in [5.41, 5.74) is 5.50. The van der Waals surface area contributed by atoms with Crippen LogP contribution in [-0.4, -0.2) is 31.3 Å². The number of anilines is 2. The fourth-order valence-corrected chi connectivity index (χ4v) is 2.43. The number of rotatable bonds is 8. The Kier molecular flexibility index (Phi) is 6.33. The Morgan fingerprint density at radius 1 is 1.20 bits per heavy atom. The molecule has 2 aromatic carbocycles. The van der Waals surface area contributed by atoms with Crippen LogP contribution in [0.2, 0.25) is 0 Å². The highest BCUT2D eigenvalue weighted by Crippen LogP contribution is 2.24. The molecule has 0 bridgehead atoms. The third-order valence-electron chi connectivity index (χ3n) is 3.82. The Hall–Kier alpha value is -3.09. The molecule has 0 saturated heterocycles. The molecule has 0 amide bonds. The second-order valence-electron chi connectivity index (χ2n) is 5.27. The highest BCUT2D eigenvalue weighted by atomic mass is 16.6. The first-order chi connectivity index (χ1) is 12.1. The predicted octanol–water partition coefficient (Wildman–Crippen LogP) is 3.90. The van der Waals surface area contributed by atoms with Gasteiger partial charge in [0, 0.05) is 42.5 Å². The van der Waals surface area contributed by atoms with Crippen LogP contribution in [0.5, 0.6) is 5.75 Å². The summed E-state index contributed by atoms with van der Waals surface area (Å²) in [5, 5.41) is 14.8. The van der Waals surface area contributed by atoms with Crippen LogP contribution in [0.1, 0.15) is 19.4 Å². The summed E-state index contributed by atoms with van der Waals surface area (Å²) in [5.74, 6) is 0.735. The van der Waals surface area contributed by atoms with Gasteiger partial charge in [0.05, 0.1) is 23.9 Å². The number of nitrogens with one attached hydrogen (secondary N) is 1. The molecule has 0 saturated carbocycles. The molecule has 132 valence electrons. The van der Waals surface area contributed by atoms with Crippen molar-refractivity contribution in [1.82, 2.24) is 0 Å². The van der Waals surface area contributed by atoms with Gasteiger partial charge in [-0.25, -0.2) is 0 Å². The van der Waals surface area contributed by atoms with Gasteiger partial charge in [0.25, 0.3) is 5.69 Å². The summed E-state index contributed by atoms with van der Waals surface area (Å²) in [4.78, 5) is 12.4. The summed E-state index contributed by atoms with van der Waals surface area (Å²) in [7, 11) is 1.63. The first kappa shape index (κ1) is 18.3. The van der Waals surface area contributed by atoms with E-state index in [0.717, 1.165) is 30.1 Å². The van der Waals surface area contributed by atoms with Gasteiger partial charge in [-0.1, -0.05) is 0 Å². The Labute approximate surface area is 147 Å². The zero-order valence-electron chi connectivity index (χ0n) is 14.6. The maximum Gasteiger partial charge on any atom is 0.269 e. The van der Waals surface area contributed by atoms with Crippen LogP contribution in [0.3, 0.4) is 0 Å². The lowest BCUT2D eigenvalue weighted by molar-refractivity contribution is -0.384. The molecule has 0 heterocycles. The van der Waals surface area contributed by atoms with Crippen molar-refractivity contribution in [3.05, 3.63) is 58.1 Å². The highest BCUT2D eigenvalue weighted by molar-refractivity contribution is 5.85. The van der Waals surface area contributed by atoms with Gasteiger partial charge >= 0.3 is 0 Å². The van der Waals surface area contributed by atoms with E-state index < -0.39 is 4.92 Å². The lowest BCUT2D eigenvalue weighted by Crippen LogP contribution is -2.21. The van der Waals surface area contributed by atoms with Crippen molar-refractivity contribution >= 4 is 23.3 Å². The standard InChI is InChI=1S/C18H22N4O3/c1-4-21(5-2)17-9-6-14(18(12-17)25-3)13-19-20-15-7-10-16(11-8-15)22(23)24/h6-13,20H,4-5H2,1-3H3/b19-13+. The Balaban J connectivity index is 2.10. The molecule has 2 rings (SSSR count). The first-order valence-electron chi connectivity index (χ1n) is 8.05. The average Bonchev–Trinajstić information content (AvgIpc) is 2.64. The Bertz CT molecular complexity index is 740. The number of benzene rings is 2. The molecule has 2 aromatic rings. The molecule has 0 radical (unpaired) electrons. The number of non-ortho nitro benzene ring substituents is 1. The molecule has 0 aliphatic carbocycles. The van der Waals surface area contributed by atoms with Crippen LogP contribution in [0.4, 0.5) is 17.1 Å². The lowest BCUT2D eigenvalue weighted by atomic mass is 10.2. The van der Waals surface area contributed by atoms with Crippen LogP contribution in [0.25, 0.3) is 0 Å². The third-order valence-corrected chi connectivity index (χ3v) is 3.82.